The molecule has 0 radical (unpaired) electrons. The molecule has 0 bridgehead atoms. The normalized spacial score (nSPS) is 15.6. The highest BCUT2D eigenvalue weighted by atomic mass is 28.3. The first-order valence-corrected chi connectivity index (χ1v) is 21.9. The van der Waals surface area contributed by atoms with Crippen LogP contribution in [0.2, 0.25) is 0 Å². The molecule has 0 saturated carbocycles. The van der Waals surface area contributed by atoms with E-state index in [-0.39, 0.29) is 10.8 Å². The van der Waals surface area contributed by atoms with Gasteiger partial charge in [0.1, 0.15) is 31.1 Å². The lowest BCUT2D eigenvalue weighted by Crippen LogP contribution is -2.53. The van der Waals surface area contributed by atoms with Crippen molar-refractivity contribution in [1.82, 2.24) is 0 Å². The Labute approximate surface area is 332 Å². The number of para-hydroxylation sites is 2. The summed E-state index contributed by atoms with van der Waals surface area (Å²) >= 11 is 0. The fourth-order valence-electron chi connectivity index (χ4n) is 11.3. The lowest BCUT2D eigenvalue weighted by Gasteiger charge is -2.27. The highest BCUT2D eigenvalue weighted by Crippen LogP contribution is 2.60. The molecule has 13 rings (SSSR count). The van der Waals surface area contributed by atoms with Gasteiger partial charge in [-0.05, 0) is 114 Å². The van der Waals surface area contributed by atoms with Gasteiger partial charge in [0, 0.05) is 32.4 Å². The van der Waals surface area contributed by atoms with Gasteiger partial charge in [-0.2, -0.15) is 0 Å². The topological polar surface area (TPSA) is 26.3 Å². The Morgan fingerprint density at radius 3 is 1.32 bits per heavy atom. The predicted octanol–water partition coefficient (Wildman–Crippen LogP) is 12.0. The summed E-state index contributed by atoms with van der Waals surface area (Å²) in [6.45, 7) is 9.81. The average molecular weight is 747 g/mol. The molecule has 3 heteroatoms. The fourth-order valence-corrected chi connectivity index (χ4v) is 14.8. The van der Waals surface area contributed by atoms with Crippen LogP contribution < -0.4 is 15.6 Å². The third kappa shape index (κ3) is 3.95. The molecule has 2 aliphatic carbocycles. The number of rotatable bonds is 3. The first-order valence-electron chi connectivity index (χ1n) is 20.2. The second-order valence-corrected chi connectivity index (χ2v) is 20.3. The van der Waals surface area contributed by atoms with Gasteiger partial charge in [0.05, 0.1) is 0 Å². The summed E-state index contributed by atoms with van der Waals surface area (Å²) < 4.78 is 12.9. The van der Waals surface area contributed by atoms with Crippen molar-refractivity contribution in [3.63, 3.8) is 0 Å². The Morgan fingerprint density at radius 2 is 0.825 bits per heavy atom. The molecule has 0 fully saturated rings. The standard InChI is InChI=1S/C54H38O2Si/c1-53(2)37-24-25-38-52-50-40(54(38,3)4)27-31(34-19-13-23-44-48(34)36-17-9-11-21-42(36)56-44)29-46(50)57(32-14-6-5-7-15-32)45-28-30(26-39(53)49(45)51(37)52)33-18-12-22-43-47(33)35-16-8-10-20-41(35)55-43/h5-29,57H,1-4H3. The lowest BCUT2D eigenvalue weighted by atomic mass is 9.79. The molecule has 1 aliphatic heterocycles. The predicted molar refractivity (Wildman–Crippen MR) is 239 cm³/mol. The molecule has 270 valence electrons. The zero-order valence-corrected chi connectivity index (χ0v) is 33.5. The molecule has 57 heavy (non-hydrogen) atoms. The Bertz CT molecular complexity index is 3200. The molecule has 10 aromatic rings. The van der Waals surface area contributed by atoms with E-state index in [1.54, 1.807) is 0 Å². The van der Waals surface area contributed by atoms with E-state index >= 15 is 0 Å². The first-order chi connectivity index (χ1) is 27.8. The molecule has 0 spiro atoms. The van der Waals surface area contributed by atoms with E-state index in [0.717, 1.165) is 33.1 Å². The minimum absolute atomic E-state index is 0.172. The maximum atomic E-state index is 6.47. The van der Waals surface area contributed by atoms with Gasteiger partial charge >= 0.3 is 0 Å². The molecule has 0 unspecified atom stereocenters. The van der Waals surface area contributed by atoms with Crippen molar-refractivity contribution in [2.75, 3.05) is 0 Å². The van der Waals surface area contributed by atoms with Crippen LogP contribution in [-0.4, -0.2) is 8.80 Å². The van der Waals surface area contributed by atoms with Crippen molar-refractivity contribution >= 4 is 68.2 Å². The SMILES string of the molecule is CC1(C)c2cc(-c3cccc4oc5ccccc5c34)cc3c2-c2c1ccc1c2-c2c(cc(-c4cccc5oc6ccccc6c45)cc2C1(C)C)[SiH]3c1ccccc1. The zero-order valence-electron chi connectivity index (χ0n) is 32.3. The van der Waals surface area contributed by atoms with E-state index in [1.165, 1.54) is 93.1 Å². The van der Waals surface area contributed by atoms with Gasteiger partial charge < -0.3 is 8.83 Å². The van der Waals surface area contributed by atoms with Gasteiger partial charge in [-0.1, -0.05) is 148 Å². The summed E-state index contributed by atoms with van der Waals surface area (Å²) in [5.74, 6) is 0. The summed E-state index contributed by atoms with van der Waals surface area (Å²) in [5, 5.41) is 9.18. The third-order valence-electron chi connectivity index (χ3n) is 13.9. The second-order valence-electron chi connectivity index (χ2n) is 17.5. The Kier molecular flexibility index (Phi) is 5.96. The summed E-state index contributed by atoms with van der Waals surface area (Å²) in [7, 11) is -2.16. The van der Waals surface area contributed by atoms with Gasteiger partial charge in [0.15, 0.2) is 0 Å². The van der Waals surface area contributed by atoms with Crippen LogP contribution in [-0.2, 0) is 10.8 Å². The average Bonchev–Trinajstić information content (AvgIpc) is 3.91. The summed E-state index contributed by atoms with van der Waals surface area (Å²) in [6, 6.07) is 56.8. The van der Waals surface area contributed by atoms with Crippen molar-refractivity contribution in [3.05, 3.63) is 174 Å². The van der Waals surface area contributed by atoms with Crippen molar-refractivity contribution in [2.45, 2.75) is 38.5 Å². The van der Waals surface area contributed by atoms with Gasteiger partial charge in [-0.3, -0.25) is 0 Å². The number of benzene rings is 8. The summed E-state index contributed by atoms with van der Waals surface area (Å²) in [4.78, 5) is 0. The number of fused-ring (bicyclic) bond motifs is 6. The molecule has 2 aromatic heterocycles. The molecule has 8 aromatic carbocycles. The van der Waals surface area contributed by atoms with Crippen molar-refractivity contribution < 1.29 is 8.83 Å². The van der Waals surface area contributed by atoms with Crippen LogP contribution in [0.5, 0.6) is 0 Å². The molecule has 0 N–H and O–H groups in total. The van der Waals surface area contributed by atoms with Crippen LogP contribution in [0.3, 0.4) is 0 Å². The number of furan rings is 2. The minimum atomic E-state index is -2.16. The second kappa shape index (κ2) is 10.7. The van der Waals surface area contributed by atoms with E-state index in [2.05, 4.69) is 179 Å². The van der Waals surface area contributed by atoms with Crippen molar-refractivity contribution in [1.29, 1.82) is 0 Å². The molecular weight excluding hydrogens is 709 g/mol. The van der Waals surface area contributed by atoms with Crippen molar-refractivity contribution in [3.8, 4) is 44.5 Å². The smallest absolute Gasteiger partial charge is 0.136 e. The highest BCUT2D eigenvalue weighted by molar-refractivity contribution is 6.97. The quantitative estimate of drug-likeness (QED) is 0.168. The van der Waals surface area contributed by atoms with E-state index in [0.29, 0.717) is 0 Å². The molecule has 0 saturated heterocycles. The zero-order chi connectivity index (χ0) is 37.9. The Hall–Kier alpha value is -6.42. The van der Waals surface area contributed by atoms with Gasteiger partial charge in [0.2, 0.25) is 0 Å². The van der Waals surface area contributed by atoms with Crippen LogP contribution >= 0.6 is 0 Å². The number of hydrogen-bond acceptors (Lipinski definition) is 2. The molecule has 2 nitrogen and oxygen atoms in total. The maximum absolute atomic E-state index is 6.47. The monoisotopic (exact) mass is 746 g/mol. The van der Waals surface area contributed by atoms with E-state index in [1.807, 2.05) is 0 Å². The van der Waals surface area contributed by atoms with Crippen LogP contribution in [0.15, 0.2) is 160 Å². The molecule has 3 aliphatic rings. The Balaban J connectivity index is 1.19. The minimum Gasteiger partial charge on any atom is -0.456 e. The van der Waals surface area contributed by atoms with Gasteiger partial charge in [0.25, 0.3) is 0 Å². The lowest BCUT2D eigenvalue weighted by molar-refractivity contribution is 0.651. The highest BCUT2D eigenvalue weighted by Gasteiger charge is 2.49. The van der Waals surface area contributed by atoms with E-state index in [9.17, 15) is 0 Å². The first kappa shape index (κ1) is 31.7. The summed E-state index contributed by atoms with van der Waals surface area (Å²) in [5.41, 5.74) is 20.0. The van der Waals surface area contributed by atoms with Gasteiger partial charge in [-0.15, -0.1) is 0 Å². The molecule has 0 atom stereocenters. The molecule has 3 heterocycles. The van der Waals surface area contributed by atoms with E-state index in [4.69, 9.17) is 8.83 Å². The summed E-state index contributed by atoms with van der Waals surface area (Å²) in [6.07, 6.45) is 0. The Morgan fingerprint density at radius 1 is 0.386 bits per heavy atom. The van der Waals surface area contributed by atoms with Gasteiger partial charge in [-0.25, -0.2) is 0 Å². The maximum Gasteiger partial charge on any atom is 0.136 e. The third-order valence-corrected chi connectivity index (χ3v) is 17.1. The van der Waals surface area contributed by atoms with Crippen molar-refractivity contribution in [2.24, 2.45) is 0 Å². The molecule has 0 amide bonds. The number of hydrogen-bond donors (Lipinski definition) is 0. The molecular formula is C54H38O2Si. The van der Waals surface area contributed by atoms with E-state index < -0.39 is 8.80 Å². The van der Waals surface area contributed by atoms with Crippen LogP contribution in [0.1, 0.15) is 49.9 Å². The van der Waals surface area contributed by atoms with Crippen LogP contribution in [0.4, 0.5) is 0 Å². The largest absolute Gasteiger partial charge is 0.456 e. The fraction of sp³-hybridized carbons (Fsp3) is 0.111. The van der Waals surface area contributed by atoms with Crippen LogP contribution in [0.25, 0.3) is 88.4 Å². The van der Waals surface area contributed by atoms with Crippen LogP contribution in [0, 0.1) is 0 Å².